The van der Waals surface area contributed by atoms with Crippen molar-refractivity contribution in [3.05, 3.63) is 237 Å². The van der Waals surface area contributed by atoms with Crippen LogP contribution in [0.25, 0.3) is 0 Å². The first-order chi connectivity index (χ1) is 51.7. The molecule has 1 aliphatic heterocycles. The normalized spacial score (nSPS) is 13.7. The average Bonchev–Trinajstić information content (AvgIpc) is 0.753. The predicted octanol–water partition coefficient (Wildman–Crippen LogP) is 19.5. The second-order valence-corrected chi connectivity index (χ2v) is 53.3. The molecule has 0 unspecified atom stereocenters. The zero-order chi connectivity index (χ0) is 79.8. The van der Waals surface area contributed by atoms with Gasteiger partial charge in [-0.3, -0.25) is 4.79 Å². The molecule has 109 heavy (non-hydrogen) atoms. The molecule has 1 heterocycles. The summed E-state index contributed by atoms with van der Waals surface area (Å²) in [6.45, 7) is 37.5. The van der Waals surface area contributed by atoms with Crippen LogP contribution in [0.5, 0.6) is 0 Å². The molecule has 1 fully saturated rings. The van der Waals surface area contributed by atoms with E-state index in [-0.39, 0.29) is 41.4 Å². The van der Waals surface area contributed by atoms with Crippen molar-refractivity contribution in [2.24, 2.45) is 10.3 Å². The number of benzene rings is 6. The summed E-state index contributed by atoms with van der Waals surface area (Å²) in [6, 6.07) is 48.3. The van der Waals surface area contributed by atoms with E-state index in [0.29, 0.717) is 70.1 Å². The standard InChI is InChI=1S/C47H65ClN2O5Si2.C42H56ClNO6Si2/c1-37-34-38(2)45(48)42(44(37)46(52)53-32-33-56(6,7)8)35-39(49-54-36-43(51)50-29-21-15-22-30-50)24-16-11-9-10-12-23-31-55-57(47(3,4)5,40-25-17-13-18-26-40)41-27-19-14-20-28-41;1-32-29-33(2)40(43)37(39(32)41(47)48-27-28-51(6,7)8)30-34(44-49-31-38(45)46)21-15-11-9-10-12-20-26-50-52(42(3,4)5,35-22-16-13-17-23-35)36-24-18-14-19-25-36/h10,12-14,16-20,24-28,34H,9,11,15,21-23,29-33,35-36H2,1-8H3;10,12-19,21-25,29H,9,11,20,26-28,30-31H2,1-8H3,(H,45,46)/b12-10+,24-16+,49-39?;12-10+,21-15+,44-34?. The predicted molar refractivity (Wildman–Crippen MR) is 462 cm³/mol. The van der Waals surface area contributed by atoms with Crippen molar-refractivity contribution in [3.63, 3.8) is 0 Å². The second-order valence-electron chi connectivity index (χ2n) is 32.7. The smallest absolute Gasteiger partial charge is 0.344 e. The largest absolute Gasteiger partial charge is 0.479 e. The number of halogens is 2. The van der Waals surface area contributed by atoms with Gasteiger partial charge in [-0.2, -0.15) is 0 Å². The summed E-state index contributed by atoms with van der Waals surface area (Å²) in [6.07, 6.45) is 24.7. The lowest BCUT2D eigenvalue weighted by molar-refractivity contribution is -0.142. The monoisotopic (exact) mass is 1590 g/mol. The van der Waals surface area contributed by atoms with Crippen LogP contribution in [0, 0.1) is 27.7 Å². The molecular formula is C89H121Cl2N3O11Si4. The van der Waals surface area contributed by atoms with E-state index >= 15 is 0 Å². The van der Waals surface area contributed by atoms with Gasteiger partial charge in [-0.05, 0) is 174 Å². The van der Waals surface area contributed by atoms with E-state index in [1.54, 1.807) is 6.08 Å². The highest BCUT2D eigenvalue weighted by atomic mass is 35.5. The lowest BCUT2D eigenvalue weighted by atomic mass is 9.94. The lowest BCUT2D eigenvalue weighted by Crippen LogP contribution is -2.66. The molecule has 588 valence electrons. The van der Waals surface area contributed by atoms with Crippen molar-refractivity contribution in [1.29, 1.82) is 0 Å². The number of carboxylic acid groups (broad SMARTS) is 1. The minimum atomic E-state index is -2.57. The van der Waals surface area contributed by atoms with E-state index in [1.165, 1.54) is 20.7 Å². The topological polar surface area (TPSA) is 172 Å². The average molecular weight is 1590 g/mol. The van der Waals surface area contributed by atoms with Crippen molar-refractivity contribution in [1.82, 2.24) is 4.90 Å². The highest BCUT2D eigenvalue weighted by molar-refractivity contribution is 7.00. The first kappa shape index (κ1) is 90.4. The number of hydrogen-bond acceptors (Lipinski definition) is 12. The van der Waals surface area contributed by atoms with Crippen LogP contribution in [-0.2, 0) is 50.4 Å². The minimum Gasteiger partial charge on any atom is -0.479 e. The summed E-state index contributed by atoms with van der Waals surface area (Å²) in [5.41, 5.74) is 6.40. The molecule has 6 aromatic carbocycles. The fraction of sp³-hybridized carbons (Fsp3) is 0.438. The minimum absolute atomic E-state index is 0.0653. The fourth-order valence-corrected chi connectivity index (χ4v) is 24.6. The highest BCUT2D eigenvalue weighted by Gasteiger charge is 2.51. The molecule has 0 bridgehead atoms. The zero-order valence-electron chi connectivity index (χ0n) is 67.8. The quantitative estimate of drug-likeness (QED) is 0.00976. The van der Waals surface area contributed by atoms with Crippen molar-refractivity contribution in [2.75, 3.05) is 52.7 Å². The number of aliphatic carboxylic acids is 1. The first-order valence-electron chi connectivity index (χ1n) is 38.6. The molecule has 0 aromatic heterocycles. The Bertz CT molecular complexity index is 4000. The summed E-state index contributed by atoms with van der Waals surface area (Å²) < 4.78 is 25.5. The van der Waals surface area contributed by atoms with Crippen LogP contribution in [0.15, 0.2) is 192 Å². The molecule has 0 radical (unpaired) electrons. The lowest BCUT2D eigenvalue weighted by Gasteiger charge is -2.43. The third-order valence-electron chi connectivity index (χ3n) is 19.2. The van der Waals surface area contributed by atoms with Crippen LogP contribution < -0.4 is 20.7 Å². The van der Waals surface area contributed by atoms with Crippen LogP contribution in [0.2, 0.25) is 71.5 Å². The van der Waals surface area contributed by atoms with Gasteiger partial charge in [-0.1, -0.05) is 284 Å². The van der Waals surface area contributed by atoms with Crippen LogP contribution >= 0.6 is 23.2 Å². The Labute approximate surface area is 665 Å². The Kier molecular flexibility index (Phi) is 36.4. The van der Waals surface area contributed by atoms with Crippen LogP contribution in [0.3, 0.4) is 0 Å². The number of likely N-dealkylation sites (tertiary alicyclic amines) is 1. The molecule has 0 aliphatic carbocycles. The molecular weight excluding hydrogens is 1470 g/mol. The molecule has 0 saturated carbocycles. The van der Waals surface area contributed by atoms with Crippen LogP contribution in [-0.4, -0.2) is 131 Å². The van der Waals surface area contributed by atoms with E-state index in [2.05, 4.69) is 231 Å². The number of amides is 1. The third-order valence-corrected chi connectivity index (χ3v) is 33.8. The summed E-state index contributed by atoms with van der Waals surface area (Å²) >= 11 is 13.7. The van der Waals surface area contributed by atoms with Crippen molar-refractivity contribution >= 4 is 112 Å². The molecule has 0 spiro atoms. The van der Waals surface area contributed by atoms with Gasteiger partial charge in [0, 0.05) is 65.3 Å². The summed E-state index contributed by atoms with van der Waals surface area (Å²) in [5, 5.41) is 23.6. The Morgan fingerprint density at radius 2 is 0.789 bits per heavy atom. The summed E-state index contributed by atoms with van der Waals surface area (Å²) in [7, 11) is -7.94. The Hall–Kier alpha value is -7.53. The number of unbranched alkanes of at least 4 members (excludes halogenated alkanes) is 2. The van der Waals surface area contributed by atoms with Crippen molar-refractivity contribution in [3.8, 4) is 0 Å². The molecule has 1 N–H and O–H groups in total. The van der Waals surface area contributed by atoms with Gasteiger partial charge in [0.2, 0.25) is 6.61 Å². The van der Waals surface area contributed by atoms with E-state index in [1.807, 2.05) is 69.0 Å². The number of carbonyl (C=O) groups is 4. The number of ether oxygens (including phenoxy) is 2. The number of oxime groups is 2. The number of carbonyl (C=O) groups excluding carboxylic acids is 3. The number of allylic oxidation sites excluding steroid dienone is 6. The van der Waals surface area contributed by atoms with Gasteiger partial charge in [0.1, 0.15) is 0 Å². The van der Waals surface area contributed by atoms with E-state index in [0.717, 1.165) is 105 Å². The number of hydrogen-bond donors (Lipinski definition) is 1. The Morgan fingerprint density at radius 3 is 1.12 bits per heavy atom. The highest BCUT2D eigenvalue weighted by Crippen LogP contribution is 2.39. The number of nitrogens with zero attached hydrogens (tertiary/aromatic N) is 3. The first-order valence-corrected chi connectivity index (χ1v) is 50.6. The van der Waals surface area contributed by atoms with Crippen LogP contribution in [0.1, 0.15) is 153 Å². The molecule has 20 heteroatoms. The maximum atomic E-state index is 13.5. The number of carboxylic acids is 1. The molecule has 1 amide bonds. The number of esters is 2. The molecule has 0 atom stereocenters. The van der Waals surface area contributed by atoms with E-state index in [4.69, 9.17) is 56.3 Å². The maximum Gasteiger partial charge on any atom is 0.344 e. The molecule has 1 saturated heterocycles. The summed E-state index contributed by atoms with van der Waals surface area (Å²) in [5.74, 6) is -2.00. The molecule has 1 aliphatic rings. The zero-order valence-corrected chi connectivity index (χ0v) is 73.3. The van der Waals surface area contributed by atoms with Crippen molar-refractivity contribution in [2.45, 2.75) is 201 Å². The van der Waals surface area contributed by atoms with Crippen molar-refractivity contribution < 1.29 is 52.3 Å². The number of rotatable bonds is 38. The number of aryl methyl sites for hydroxylation is 4. The third kappa shape index (κ3) is 28.0. The summed E-state index contributed by atoms with van der Waals surface area (Å²) in [4.78, 5) is 63.5. The Balaban J connectivity index is 0.000000342. The van der Waals surface area contributed by atoms with Gasteiger partial charge in [-0.15, -0.1) is 0 Å². The van der Waals surface area contributed by atoms with Gasteiger partial charge in [-0.25, -0.2) is 14.4 Å². The van der Waals surface area contributed by atoms with Gasteiger partial charge < -0.3 is 38.0 Å². The van der Waals surface area contributed by atoms with Gasteiger partial charge in [0.15, 0.2) is 6.61 Å². The van der Waals surface area contributed by atoms with Gasteiger partial charge >= 0.3 is 17.9 Å². The molecule has 7 rings (SSSR count). The van der Waals surface area contributed by atoms with Gasteiger partial charge in [0.05, 0.1) is 35.8 Å². The number of piperidine rings is 1. The maximum absolute atomic E-state index is 13.5. The van der Waals surface area contributed by atoms with E-state index in [9.17, 15) is 19.2 Å². The van der Waals surface area contributed by atoms with Crippen LogP contribution in [0.4, 0.5) is 0 Å². The second kappa shape index (κ2) is 43.9. The Morgan fingerprint density at radius 1 is 0.459 bits per heavy atom. The fourth-order valence-electron chi connectivity index (χ4n) is 13.6. The van der Waals surface area contributed by atoms with Gasteiger partial charge in [0.25, 0.3) is 22.5 Å². The molecule has 6 aromatic rings. The van der Waals surface area contributed by atoms with E-state index < -0.39 is 51.3 Å². The molecule has 14 nitrogen and oxygen atoms in total. The SMILES string of the molecule is Cc1cc(C)c(C(=O)OCC[Si](C)(C)C)c(CC(/C=C/CC/C=C/CCO[Si](c2ccccc2)(c2ccccc2)C(C)(C)C)=NOCC(=O)N2CCCCC2)c1Cl.Cc1cc(C)c(C(=O)OCC[Si](C)(C)C)c(CC(/C=C/CC/C=C/CCO[Si](c2ccccc2)(c2ccccc2)C(C)(C)C)=NOCC(=O)O)c1Cl.